The highest BCUT2D eigenvalue weighted by atomic mass is 16.5. The number of aromatic nitrogens is 2. The number of fused-ring (bicyclic) bond motifs is 1. The summed E-state index contributed by atoms with van der Waals surface area (Å²) in [4.78, 5) is 28.9. The van der Waals surface area contributed by atoms with Gasteiger partial charge in [0.25, 0.3) is 11.5 Å². The Bertz CT molecular complexity index is 1010. The standard InChI is InChI=1S/C19H21N3O4/c1-11-6-5-7-12(2)16(11)25-9-8-20-17(23)14-13(3)26-18-15(14)19(24)22(4)10-21-18/h5-7,10H,8-9H2,1-4H3,(H,20,23). The summed E-state index contributed by atoms with van der Waals surface area (Å²) < 4.78 is 12.5. The number of hydrogen-bond donors (Lipinski definition) is 1. The third-order valence-corrected chi connectivity index (χ3v) is 4.22. The molecule has 0 atom stereocenters. The largest absolute Gasteiger partial charge is 0.491 e. The number of carbonyl (C=O) groups is 1. The predicted molar refractivity (Wildman–Crippen MR) is 97.7 cm³/mol. The molecule has 0 fully saturated rings. The van der Waals surface area contributed by atoms with Crippen LogP contribution in [-0.2, 0) is 7.05 Å². The van der Waals surface area contributed by atoms with Crippen molar-refractivity contribution in [1.29, 1.82) is 0 Å². The van der Waals surface area contributed by atoms with Gasteiger partial charge >= 0.3 is 0 Å². The van der Waals surface area contributed by atoms with E-state index < -0.39 is 0 Å². The Hall–Kier alpha value is -3.09. The molecule has 7 nitrogen and oxygen atoms in total. The average Bonchev–Trinajstić information content (AvgIpc) is 2.94. The number of nitrogens with one attached hydrogen (secondary N) is 1. The van der Waals surface area contributed by atoms with E-state index in [0.29, 0.717) is 18.9 Å². The van der Waals surface area contributed by atoms with E-state index in [4.69, 9.17) is 9.15 Å². The van der Waals surface area contributed by atoms with Gasteiger partial charge in [0.05, 0.1) is 12.1 Å². The van der Waals surface area contributed by atoms with Crippen molar-refractivity contribution in [2.45, 2.75) is 20.8 Å². The maximum absolute atomic E-state index is 12.5. The Labute approximate surface area is 150 Å². The summed E-state index contributed by atoms with van der Waals surface area (Å²) in [6, 6.07) is 5.93. The maximum Gasteiger partial charge on any atom is 0.265 e. The predicted octanol–water partition coefficient (Wildman–Crippen LogP) is 2.26. The first kappa shape index (κ1) is 17.7. The van der Waals surface area contributed by atoms with Crippen molar-refractivity contribution in [2.24, 2.45) is 7.05 Å². The average molecular weight is 355 g/mol. The van der Waals surface area contributed by atoms with E-state index in [1.54, 1.807) is 14.0 Å². The number of rotatable bonds is 5. The Kier molecular flexibility index (Phi) is 4.79. The third kappa shape index (κ3) is 3.20. The monoisotopic (exact) mass is 355 g/mol. The number of amides is 1. The molecule has 7 heteroatoms. The number of carbonyl (C=O) groups excluding carboxylic acids is 1. The lowest BCUT2D eigenvalue weighted by Gasteiger charge is -2.12. The number of hydrogen-bond acceptors (Lipinski definition) is 5. The molecule has 0 bridgehead atoms. The van der Waals surface area contributed by atoms with Crippen LogP contribution in [0, 0.1) is 20.8 Å². The van der Waals surface area contributed by atoms with Crippen LogP contribution in [0.1, 0.15) is 27.2 Å². The first-order chi connectivity index (χ1) is 12.4. The molecule has 2 heterocycles. The molecular formula is C19H21N3O4. The molecule has 3 rings (SSSR count). The van der Waals surface area contributed by atoms with Gasteiger partial charge in [-0.15, -0.1) is 0 Å². The van der Waals surface area contributed by atoms with Crippen LogP contribution >= 0.6 is 0 Å². The molecule has 136 valence electrons. The second-order valence-electron chi connectivity index (χ2n) is 6.20. The van der Waals surface area contributed by atoms with Crippen LogP contribution in [0.5, 0.6) is 5.75 Å². The molecule has 2 aromatic heterocycles. The van der Waals surface area contributed by atoms with Crippen molar-refractivity contribution >= 4 is 17.0 Å². The van der Waals surface area contributed by atoms with E-state index in [0.717, 1.165) is 16.9 Å². The first-order valence-electron chi connectivity index (χ1n) is 8.32. The lowest BCUT2D eigenvalue weighted by molar-refractivity contribution is 0.0947. The molecule has 0 radical (unpaired) electrons. The molecule has 0 aliphatic heterocycles. The van der Waals surface area contributed by atoms with Gasteiger partial charge in [-0.1, -0.05) is 18.2 Å². The summed E-state index contributed by atoms with van der Waals surface area (Å²) in [5.41, 5.74) is 2.16. The SMILES string of the molecule is Cc1cccc(C)c1OCCNC(=O)c1c(C)oc2ncn(C)c(=O)c12. The van der Waals surface area contributed by atoms with E-state index in [1.165, 1.54) is 10.9 Å². The quantitative estimate of drug-likeness (QED) is 0.710. The van der Waals surface area contributed by atoms with Gasteiger partial charge in [-0.3, -0.25) is 9.59 Å². The van der Waals surface area contributed by atoms with E-state index in [-0.39, 0.29) is 28.1 Å². The summed E-state index contributed by atoms with van der Waals surface area (Å²) in [7, 11) is 1.58. The Morgan fingerprint density at radius 1 is 1.27 bits per heavy atom. The highest BCUT2D eigenvalue weighted by molar-refractivity contribution is 6.06. The van der Waals surface area contributed by atoms with E-state index in [2.05, 4.69) is 10.3 Å². The third-order valence-electron chi connectivity index (χ3n) is 4.22. The van der Waals surface area contributed by atoms with Crippen LogP contribution < -0.4 is 15.6 Å². The lowest BCUT2D eigenvalue weighted by Crippen LogP contribution is -2.29. The van der Waals surface area contributed by atoms with Gasteiger partial charge in [-0.05, 0) is 31.9 Å². The fraction of sp³-hybridized carbons (Fsp3) is 0.316. The zero-order valence-corrected chi connectivity index (χ0v) is 15.3. The molecule has 0 aliphatic carbocycles. The van der Waals surface area contributed by atoms with E-state index in [9.17, 15) is 9.59 Å². The second-order valence-corrected chi connectivity index (χ2v) is 6.20. The van der Waals surface area contributed by atoms with Gasteiger partial charge in [0, 0.05) is 7.05 Å². The summed E-state index contributed by atoms with van der Waals surface area (Å²) in [5.74, 6) is 0.810. The first-order valence-corrected chi connectivity index (χ1v) is 8.32. The van der Waals surface area contributed by atoms with E-state index >= 15 is 0 Å². The zero-order valence-electron chi connectivity index (χ0n) is 15.3. The molecule has 1 amide bonds. The fourth-order valence-corrected chi connectivity index (χ4v) is 2.89. The second kappa shape index (κ2) is 7.03. The Morgan fingerprint density at radius 3 is 2.65 bits per heavy atom. The minimum Gasteiger partial charge on any atom is -0.491 e. The number of para-hydroxylation sites is 1. The molecule has 0 unspecified atom stereocenters. The van der Waals surface area contributed by atoms with Gasteiger partial charge in [0.1, 0.15) is 29.8 Å². The Balaban J connectivity index is 1.71. The fourth-order valence-electron chi connectivity index (χ4n) is 2.89. The molecule has 1 N–H and O–H groups in total. The van der Waals surface area contributed by atoms with Crippen LogP contribution in [0.25, 0.3) is 11.1 Å². The van der Waals surface area contributed by atoms with Gasteiger partial charge < -0.3 is 19.0 Å². The molecule has 0 saturated carbocycles. The molecular weight excluding hydrogens is 334 g/mol. The molecule has 3 aromatic rings. The van der Waals surface area contributed by atoms with Crippen molar-refractivity contribution < 1.29 is 13.9 Å². The molecule has 0 saturated heterocycles. The Morgan fingerprint density at radius 2 is 1.96 bits per heavy atom. The molecule has 0 aliphatic rings. The minimum atomic E-state index is -0.378. The van der Waals surface area contributed by atoms with Crippen LogP contribution in [0.4, 0.5) is 0 Å². The van der Waals surface area contributed by atoms with Crippen molar-refractivity contribution in [3.05, 3.63) is 57.3 Å². The summed E-state index contributed by atoms with van der Waals surface area (Å²) in [5, 5.41) is 2.97. The van der Waals surface area contributed by atoms with E-state index in [1.807, 2.05) is 32.0 Å². The van der Waals surface area contributed by atoms with Crippen LogP contribution in [0.15, 0.2) is 33.7 Å². The number of aryl methyl sites for hydroxylation is 4. The molecule has 0 spiro atoms. The molecule has 1 aromatic carbocycles. The lowest BCUT2D eigenvalue weighted by atomic mass is 10.1. The van der Waals surface area contributed by atoms with Crippen molar-refractivity contribution in [1.82, 2.24) is 14.9 Å². The van der Waals surface area contributed by atoms with Gasteiger partial charge in [0.2, 0.25) is 5.71 Å². The normalized spacial score (nSPS) is 10.9. The number of nitrogens with zero attached hydrogens (tertiary/aromatic N) is 2. The van der Waals surface area contributed by atoms with Crippen LogP contribution in [0.3, 0.4) is 0 Å². The van der Waals surface area contributed by atoms with Crippen molar-refractivity contribution in [3.63, 3.8) is 0 Å². The number of furan rings is 1. The molecule has 26 heavy (non-hydrogen) atoms. The summed E-state index contributed by atoms with van der Waals surface area (Å²) >= 11 is 0. The van der Waals surface area contributed by atoms with Crippen LogP contribution in [-0.4, -0.2) is 28.6 Å². The maximum atomic E-state index is 12.5. The highest BCUT2D eigenvalue weighted by Crippen LogP contribution is 2.22. The number of benzene rings is 1. The smallest absolute Gasteiger partial charge is 0.265 e. The highest BCUT2D eigenvalue weighted by Gasteiger charge is 2.22. The van der Waals surface area contributed by atoms with Gasteiger partial charge in [0.15, 0.2) is 0 Å². The number of ether oxygens (including phenoxy) is 1. The van der Waals surface area contributed by atoms with Crippen molar-refractivity contribution in [3.8, 4) is 5.75 Å². The summed E-state index contributed by atoms with van der Waals surface area (Å²) in [6.45, 7) is 6.22. The zero-order chi connectivity index (χ0) is 18.8. The van der Waals surface area contributed by atoms with Crippen LogP contribution in [0.2, 0.25) is 0 Å². The topological polar surface area (TPSA) is 86.4 Å². The summed E-state index contributed by atoms with van der Waals surface area (Å²) in [6.07, 6.45) is 1.37. The van der Waals surface area contributed by atoms with Crippen molar-refractivity contribution in [2.75, 3.05) is 13.2 Å². The van der Waals surface area contributed by atoms with Gasteiger partial charge in [-0.25, -0.2) is 4.98 Å². The minimum absolute atomic E-state index is 0.169. The van der Waals surface area contributed by atoms with Gasteiger partial charge in [-0.2, -0.15) is 0 Å².